The van der Waals surface area contributed by atoms with E-state index < -0.39 is 23.6 Å². The van der Waals surface area contributed by atoms with Crippen LogP contribution >= 0.6 is 0 Å². The Balaban J connectivity index is 2.47. The van der Waals surface area contributed by atoms with Crippen molar-refractivity contribution in [2.45, 2.75) is 24.4 Å². The summed E-state index contributed by atoms with van der Waals surface area (Å²) in [6, 6.07) is 0. The summed E-state index contributed by atoms with van der Waals surface area (Å²) >= 11 is 0. The number of fused-ring (bicyclic) bond motifs is 1. The maximum Gasteiger partial charge on any atom is 0.280 e. The normalized spacial score (nSPS) is 17.1. The molecule has 0 fully saturated rings. The average molecular weight is 330 g/mol. The molecule has 0 unspecified atom stereocenters. The number of hydrogen-bond donors (Lipinski definition) is 5. The van der Waals surface area contributed by atoms with Gasteiger partial charge < -0.3 is 26.4 Å². The van der Waals surface area contributed by atoms with Gasteiger partial charge in [0.25, 0.3) is 5.56 Å². The lowest BCUT2D eigenvalue weighted by molar-refractivity contribution is -0.145. The number of halogens is 1. The van der Waals surface area contributed by atoms with Crippen molar-refractivity contribution in [2.75, 3.05) is 26.0 Å². The minimum atomic E-state index is -2.07. The van der Waals surface area contributed by atoms with Crippen molar-refractivity contribution in [3.63, 3.8) is 0 Å². The smallest absolute Gasteiger partial charge is 0.280 e. The highest BCUT2D eigenvalue weighted by molar-refractivity contribution is 5.70. The van der Waals surface area contributed by atoms with E-state index in [0.29, 0.717) is 0 Å². The van der Waals surface area contributed by atoms with Gasteiger partial charge in [0.1, 0.15) is 11.7 Å². The third-order valence-electron chi connectivity index (χ3n) is 3.80. The predicted molar refractivity (Wildman–Crippen MR) is 79.2 cm³/mol. The number of aromatic amines is 1. The van der Waals surface area contributed by atoms with Crippen molar-refractivity contribution in [1.82, 2.24) is 19.5 Å². The fourth-order valence-corrected chi connectivity index (χ4v) is 2.39. The fourth-order valence-electron chi connectivity index (χ4n) is 2.39. The molecule has 23 heavy (non-hydrogen) atoms. The molecule has 0 saturated heterocycles. The van der Waals surface area contributed by atoms with Crippen LogP contribution in [0, 0.1) is 0 Å². The maximum atomic E-state index is 14.8. The third kappa shape index (κ3) is 2.91. The van der Waals surface area contributed by atoms with E-state index in [1.807, 2.05) is 0 Å². The molecule has 2 aromatic rings. The van der Waals surface area contributed by atoms with Gasteiger partial charge in [0.15, 0.2) is 11.2 Å². The zero-order valence-corrected chi connectivity index (χ0v) is 12.4. The van der Waals surface area contributed by atoms with Crippen molar-refractivity contribution in [2.24, 2.45) is 5.73 Å². The first kappa shape index (κ1) is 17.3. The highest BCUT2D eigenvalue weighted by Crippen LogP contribution is 2.29. The number of anilines is 1. The second-order valence-electron chi connectivity index (χ2n) is 5.04. The Morgan fingerprint density at radius 1 is 1.61 bits per heavy atom. The molecule has 128 valence electrons. The molecule has 0 aliphatic carbocycles. The Hall–Kier alpha value is -2.08. The molecule has 0 aliphatic rings. The molecule has 0 spiro atoms. The largest absolute Gasteiger partial charge is 0.396 e. The number of methoxy groups -OCH3 is 1. The van der Waals surface area contributed by atoms with E-state index in [9.17, 15) is 14.3 Å². The lowest BCUT2D eigenvalue weighted by Gasteiger charge is -2.36. The third-order valence-corrected chi connectivity index (χ3v) is 3.80. The van der Waals surface area contributed by atoms with Gasteiger partial charge in [0.05, 0.1) is 6.33 Å². The van der Waals surface area contributed by atoms with Crippen LogP contribution in [0.3, 0.4) is 0 Å². The Labute approximate surface area is 129 Å². The number of hydrogen-bond acceptors (Lipinski definition) is 8. The van der Waals surface area contributed by atoms with Crippen LogP contribution < -0.4 is 17.0 Å². The van der Waals surface area contributed by atoms with Gasteiger partial charge in [-0.15, -0.1) is 0 Å². The molecule has 3 atom stereocenters. The Bertz CT molecular complexity index is 728. The highest BCUT2D eigenvalue weighted by Gasteiger charge is 2.43. The van der Waals surface area contributed by atoms with Crippen LogP contribution in [0.15, 0.2) is 11.1 Å². The number of H-pyrrole nitrogens is 1. The number of nitrogen functional groups attached to an aromatic ring is 1. The van der Waals surface area contributed by atoms with E-state index in [1.54, 1.807) is 0 Å². The molecule has 0 saturated carbocycles. The Kier molecular flexibility index (Phi) is 4.94. The van der Waals surface area contributed by atoms with Crippen molar-refractivity contribution in [1.29, 1.82) is 0 Å². The molecule has 0 aromatic carbocycles. The molecule has 7 N–H and O–H groups in total. The number of aromatic nitrogens is 4. The van der Waals surface area contributed by atoms with Gasteiger partial charge in [-0.25, -0.2) is 9.37 Å². The van der Waals surface area contributed by atoms with Crippen LogP contribution in [0.5, 0.6) is 0 Å². The first-order chi connectivity index (χ1) is 10.9. The SMILES string of the molecule is CO[C@](CN)(CCO)[C@@H](O)[C@@H](F)n1cnc2c(=O)[nH]c(N)nc21. The topological polar surface area (TPSA) is 165 Å². The summed E-state index contributed by atoms with van der Waals surface area (Å²) in [5, 5.41) is 19.5. The molecule has 2 heterocycles. The molecule has 10 nitrogen and oxygen atoms in total. The number of nitrogens with zero attached hydrogens (tertiary/aromatic N) is 3. The standard InChI is InChI=1S/C12H19FN6O4/c1-23-12(4-14,2-3-20)7(21)8(13)19-5-16-6-9(19)17-11(15)18-10(6)22/h5,7-8,20-21H,2-4,14H2,1H3,(H3,15,17,18,22)/t7-,8-,12-/m0/s1. The van der Waals surface area contributed by atoms with Crippen molar-refractivity contribution in [3.05, 3.63) is 16.7 Å². The van der Waals surface area contributed by atoms with Crippen molar-refractivity contribution < 1.29 is 19.3 Å². The van der Waals surface area contributed by atoms with Crippen molar-refractivity contribution in [3.8, 4) is 0 Å². The number of alkyl halides is 1. The van der Waals surface area contributed by atoms with Gasteiger partial charge in [-0.1, -0.05) is 0 Å². The second-order valence-corrected chi connectivity index (χ2v) is 5.04. The molecule has 2 aromatic heterocycles. The predicted octanol–water partition coefficient (Wildman–Crippen LogP) is -1.74. The number of nitrogens with one attached hydrogen (secondary N) is 1. The summed E-state index contributed by atoms with van der Waals surface area (Å²) in [6.45, 7) is -0.585. The monoisotopic (exact) mass is 330 g/mol. The number of aliphatic hydroxyl groups excluding tert-OH is 2. The van der Waals surface area contributed by atoms with Crippen LogP contribution in [-0.2, 0) is 4.74 Å². The first-order valence-corrected chi connectivity index (χ1v) is 6.80. The Morgan fingerprint density at radius 3 is 2.87 bits per heavy atom. The molecule has 0 amide bonds. The minimum absolute atomic E-state index is 0.0790. The second kappa shape index (κ2) is 6.58. The molecule has 2 rings (SSSR count). The van der Waals surface area contributed by atoms with E-state index in [4.69, 9.17) is 21.3 Å². The summed E-state index contributed by atoms with van der Waals surface area (Å²) in [7, 11) is 1.26. The van der Waals surface area contributed by atoms with Crippen LogP contribution in [0.25, 0.3) is 11.2 Å². The summed E-state index contributed by atoms with van der Waals surface area (Å²) in [4.78, 5) is 21.5. The zero-order chi connectivity index (χ0) is 17.2. The van der Waals surface area contributed by atoms with E-state index in [0.717, 1.165) is 10.9 Å². The quantitative estimate of drug-likeness (QED) is 0.399. The van der Waals surface area contributed by atoms with Crippen LogP contribution in [-0.4, -0.2) is 61.7 Å². The molecular formula is C12H19FN6O4. The van der Waals surface area contributed by atoms with E-state index >= 15 is 0 Å². The molecule has 0 bridgehead atoms. The summed E-state index contributed by atoms with van der Waals surface area (Å²) in [6.07, 6.45) is -2.85. The van der Waals surface area contributed by atoms with Gasteiger partial charge in [-0.3, -0.25) is 14.3 Å². The minimum Gasteiger partial charge on any atom is -0.396 e. The zero-order valence-electron chi connectivity index (χ0n) is 12.4. The highest BCUT2D eigenvalue weighted by atomic mass is 19.1. The lowest BCUT2D eigenvalue weighted by atomic mass is 9.92. The maximum absolute atomic E-state index is 14.8. The molecule has 11 heteroatoms. The first-order valence-electron chi connectivity index (χ1n) is 6.80. The van der Waals surface area contributed by atoms with Crippen LogP contribution in [0.4, 0.5) is 10.3 Å². The average Bonchev–Trinajstić information content (AvgIpc) is 2.95. The number of nitrogens with two attached hydrogens (primary N) is 2. The van der Waals surface area contributed by atoms with Crippen LogP contribution in [0.2, 0.25) is 0 Å². The van der Waals surface area contributed by atoms with E-state index in [2.05, 4.69) is 15.0 Å². The summed E-state index contributed by atoms with van der Waals surface area (Å²) in [5.74, 6) is -0.210. The van der Waals surface area contributed by atoms with Gasteiger partial charge in [-0.05, 0) is 0 Å². The molecule has 0 aliphatic heterocycles. The van der Waals surface area contributed by atoms with E-state index in [-0.39, 0.29) is 36.7 Å². The van der Waals surface area contributed by atoms with Gasteiger partial charge in [-0.2, -0.15) is 4.98 Å². The van der Waals surface area contributed by atoms with Crippen molar-refractivity contribution >= 4 is 17.1 Å². The number of rotatable bonds is 7. The van der Waals surface area contributed by atoms with Gasteiger partial charge in [0.2, 0.25) is 12.2 Å². The fraction of sp³-hybridized carbons (Fsp3) is 0.583. The number of ether oxygens (including phenoxy) is 1. The number of aliphatic hydroxyl groups is 2. The number of imidazole rings is 1. The summed E-state index contributed by atoms with van der Waals surface area (Å²) < 4.78 is 20.8. The van der Waals surface area contributed by atoms with Crippen LogP contribution in [0.1, 0.15) is 12.7 Å². The Morgan fingerprint density at radius 2 is 2.30 bits per heavy atom. The van der Waals surface area contributed by atoms with Gasteiger partial charge >= 0.3 is 0 Å². The van der Waals surface area contributed by atoms with Gasteiger partial charge in [0, 0.05) is 26.7 Å². The molecule has 0 radical (unpaired) electrons. The lowest BCUT2D eigenvalue weighted by Crippen LogP contribution is -2.53. The molecular weight excluding hydrogens is 311 g/mol. The van der Waals surface area contributed by atoms with E-state index in [1.165, 1.54) is 7.11 Å². The summed E-state index contributed by atoms with van der Waals surface area (Å²) in [5.41, 5.74) is 8.66.